The molecule has 2 rings (SSSR count). The quantitative estimate of drug-likeness (QED) is 0.846. The zero-order valence-electron chi connectivity index (χ0n) is 12.1. The average Bonchev–Trinajstić information content (AvgIpc) is 2.84. The maximum Gasteiger partial charge on any atom is 0.180 e. The van der Waals surface area contributed by atoms with Crippen LogP contribution in [-0.4, -0.2) is 34.2 Å². The van der Waals surface area contributed by atoms with Crippen molar-refractivity contribution in [1.29, 1.82) is 0 Å². The molecule has 1 aliphatic rings. The molecule has 1 aliphatic carbocycles. The second-order valence-electron chi connectivity index (χ2n) is 5.44. The fourth-order valence-electron chi connectivity index (χ4n) is 3.03. The third-order valence-electron chi connectivity index (χ3n) is 4.23. The molecule has 0 aliphatic heterocycles. The Morgan fingerprint density at radius 3 is 2.60 bits per heavy atom. The second-order valence-corrected chi connectivity index (χ2v) is 6.59. The predicted octanol–water partition coefficient (Wildman–Crippen LogP) is 2.91. The summed E-state index contributed by atoms with van der Waals surface area (Å²) in [5.41, 5.74) is 5.68. The Bertz CT molecular complexity index is 380. The first-order valence-electron chi connectivity index (χ1n) is 7.28. The summed E-state index contributed by atoms with van der Waals surface area (Å²) < 4.78 is 0. The molecule has 1 fully saturated rings. The molecular weight excluding hydrogens is 294 g/mol. The lowest BCUT2D eigenvalue weighted by atomic mass is 9.84. The molecule has 116 valence electrons. The standard InChI is InChI=1S/C14H25N3OS.ClH/c1-2-11-3-5-12(6-4-11)17(7-8-18)10-13-9-16-14(15)19-13;/h9,11-12,18H,2-8,10H2,1H3,(H2,15,16);1H. The van der Waals surface area contributed by atoms with Crippen LogP contribution in [0.15, 0.2) is 6.20 Å². The van der Waals surface area contributed by atoms with E-state index in [-0.39, 0.29) is 19.0 Å². The van der Waals surface area contributed by atoms with Gasteiger partial charge >= 0.3 is 0 Å². The van der Waals surface area contributed by atoms with Gasteiger partial charge in [-0.05, 0) is 31.6 Å². The van der Waals surface area contributed by atoms with E-state index in [1.165, 1.54) is 37.0 Å². The number of nitrogens with zero attached hydrogens (tertiary/aromatic N) is 2. The summed E-state index contributed by atoms with van der Waals surface area (Å²) in [6.45, 7) is 4.13. The van der Waals surface area contributed by atoms with E-state index in [1.807, 2.05) is 6.20 Å². The molecule has 0 aromatic carbocycles. The summed E-state index contributed by atoms with van der Waals surface area (Å²) >= 11 is 1.55. The average molecular weight is 320 g/mol. The summed E-state index contributed by atoms with van der Waals surface area (Å²) in [5, 5.41) is 9.90. The van der Waals surface area contributed by atoms with E-state index < -0.39 is 0 Å². The third-order valence-corrected chi connectivity index (χ3v) is 5.04. The van der Waals surface area contributed by atoms with Crippen molar-refractivity contribution in [1.82, 2.24) is 9.88 Å². The van der Waals surface area contributed by atoms with Crippen LogP contribution >= 0.6 is 23.7 Å². The lowest BCUT2D eigenvalue weighted by Crippen LogP contribution is -2.39. The van der Waals surface area contributed by atoms with Crippen LogP contribution in [0.5, 0.6) is 0 Å². The van der Waals surface area contributed by atoms with Gasteiger partial charge in [0.25, 0.3) is 0 Å². The molecule has 0 radical (unpaired) electrons. The van der Waals surface area contributed by atoms with Crippen molar-refractivity contribution < 1.29 is 5.11 Å². The van der Waals surface area contributed by atoms with Gasteiger partial charge < -0.3 is 10.8 Å². The molecule has 4 nitrogen and oxygen atoms in total. The van der Waals surface area contributed by atoms with Gasteiger partial charge in [0.2, 0.25) is 0 Å². The normalized spacial score (nSPS) is 22.8. The lowest BCUT2D eigenvalue weighted by molar-refractivity contribution is 0.104. The number of halogens is 1. The van der Waals surface area contributed by atoms with E-state index in [0.29, 0.717) is 11.2 Å². The number of thiazole rings is 1. The molecule has 6 heteroatoms. The van der Waals surface area contributed by atoms with Gasteiger partial charge in [0.05, 0.1) is 6.61 Å². The van der Waals surface area contributed by atoms with Gasteiger partial charge in [-0.1, -0.05) is 13.3 Å². The zero-order valence-corrected chi connectivity index (χ0v) is 13.8. The van der Waals surface area contributed by atoms with Crippen LogP contribution in [-0.2, 0) is 6.54 Å². The van der Waals surface area contributed by atoms with Crippen molar-refractivity contribution in [3.8, 4) is 0 Å². The van der Waals surface area contributed by atoms with Crippen molar-refractivity contribution in [2.45, 2.75) is 51.6 Å². The van der Waals surface area contributed by atoms with E-state index in [1.54, 1.807) is 11.3 Å². The number of nitrogen functional groups attached to an aromatic ring is 1. The number of aromatic nitrogens is 1. The van der Waals surface area contributed by atoms with Crippen LogP contribution in [0.2, 0.25) is 0 Å². The van der Waals surface area contributed by atoms with Gasteiger partial charge in [-0.15, -0.1) is 23.7 Å². The smallest absolute Gasteiger partial charge is 0.180 e. The van der Waals surface area contributed by atoms with Gasteiger partial charge in [0.15, 0.2) is 5.13 Å². The van der Waals surface area contributed by atoms with Crippen molar-refractivity contribution in [2.24, 2.45) is 5.92 Å². The van der Waals surface area contributed by atoms with Gasteiger partial charge in [-0.3, -0.25) is 4.90 Å². The number of hydrogen-bond acceptors (Lipinski definition) is 5. The molecule has 1 saturated carbocycles. The third kappa shape index (κ3) is 4.88. The monoisotopic (exact) mass is 319 g/mol. The molecule has 0 amide bonds. The first kappa shape index (κ1) is 17.7. The van der Waals surface area contributed by atoms with Crippen molar-refractivity contribution >= 4 is 28.9 Å². The van der Waals surface area contributed by atoms with Crippen molar-refractivity contribution in [3.63, 3.8) is 0 Å². The van der Waals surface area contributed by atoms with E-state index in [2.05, 4.69) is 16.8 Å². The number of aliphatic hydroxyl groups is 1. The first-order valence-corrected chi connectivity index (χ1v) is 8.09. The summed E-state index contributed by atoms with van der Waals surface area (Å²) in [5.74, 6) is 0.909. The van der Waals surface area contributed by atoms with Gasteiger partial charge in [0, 0.05) is 30.2 Å². The van der Waals surface area contributed by atoms with Crippen LogP contribution < -0.4 is 5.73 Å². The second kappa shape index (κ2) is 8.82. The Hall–Kier alpha value is -0.360. The largest absolute Gasteiger partial charge is 0.395 e. The maximum atomic E-state index is 9.27. The highest BCUT2D eigenvalue weighted by molar-refractivity contribution is 7.15. The number of rotatable bonds is 6. The summed E-state index contributed by atoms with van der Waals surface area (Å²) in [4.78, 5) is 7.71. The van der Waals surface area contributed by atoms with Crippen LogP contribution in [0.1, 0.15) is 43.9 Å². The number of aliphatic hydroxyl groups excluding tert-OH is 1. The van der Waals surface area contributed by atoms with Gasteiger partial charge in [0.1, 0.15) is 0 Å². The van der Waals surface area contributed by atoms with E-state index in [0.717, 1.165) is 19.0 Å². The Morgan fingerprint density at radius 2 is 2.10 bits per heavy atom. The molecule has 0 bridgehead atoms. The van der Waals surface area contributed by atoms with Gasteiger partial charge in [-0.25, -0.2) is 4.98 Å². The van der Waals surface area contributed by atoms with E-state index in [9.17, 15) is 5.11 Å². The zero-order chi connectivity index (χ0) is 13.7. The summed E-state index contributed by atoms with van der Waals surface area (Å²) in [6, 6.07) is 0.610. The maximum absolute atomic E-state index is 9.27. The Balaban J connectivity index is 0.00000200. The molecule has 1 heterocycles. The fraction of sp³-hybridized carbons (Fsp3) is 0.786. The highest BCUT2D eigenvalue weighted by Crippen LogP contribution is 2.30. The van der Waals surface area contributed by atoms with E-state index in [4.69, 9.17) is 5.73 Å². The van der Waals surface area contributed by atoms with E-state index >= 15 is 0 Å². The predicted molar refractivity (Wildman–Crippen MR) is 87.3 cm³/mol. The molecule has 20 heavy (non-hydrogen) atoms. The van der Waals surface area contributed by atoms with Crippen LogP contribution in [0.3, 0.4) is 0 Å². The molecule has 1 aromatic heterocycles. The minimum absolute atomic E-state index is 0. The molecule has 1 aromatic rings. The molecule has 0 unspecified atom stereocenters. The summed E-state index contributed by atoms with van der Waals surface area (Å²) in [7, 11) is 0. The molecular formula is C14H26ClN3OS. The minimum Gasteiger partial charge on any atom is -0.395 e. The van der Waals surface area contributed by atoms with Crippen LogP contribution in [0.4, 0.5) is 5.13 Å². The highest BCUT2D eigenvalue weighted by Gasteiger charge is 2.25. The molecule has 0 spiro atoms. The number of hydrogen-bond donors (Lipinski definition) is 2. The molecule has 0 atom stereocenters. The van der Waals surface area contributed by atoms with Gasteiger partial charge in [-0.2, -0.15) is 0 Å². The highest BCUT2D eigenvalue weighted by atomic mass is 35.5. The molecule has 0 saturated heterocycles. The SMILES string of the molecule is CCC1CCC(N(CCO)Cc2cnc(N)s2)CC1.Cl. The summed E-state index contributed by atoms with van der Waals surface area (Å²) in [6.07, 6.45) is 8.33. The number of nitrogens with two attached hydrogens (primary N) is 1. The molecule has 3 N–H and O–H groups in total. The Kier molecular flexibility index (Phi) is 7.80. The lowest BCUT2D eigenvalue weighted by Gasteiger charge is -2.36. The fourth-order valence-corrected chi connectivity index (χ4v) is 3.74. The minimum atomic E-state index is 0. The van der Waals surface area contributed by atoms with Crippen LogP contribution in [0, 0.1) is 5.92 Å². The topological polar surface area (TPSA) is 62.4 Å². The Labute approximate surface area is 131 Å². The van der Waals surface area contributed by atoms with Crippen molar-refractivity contribution in [2.75, 3.05) is 18.9 Å². The first-order chi connectivity index (χ1) is 9.22. The van der Waals surface area contributed by atoms with Crippen LogP contribution in [0.25, 0.3) is 0 Å². The Morgan fingerprint density at radius 1 is 1.40 bits per heavy atom. The number of anilines is 1. The van der Waals surface area contributed by atoms with Crippen molar-refractivity contribution in [3.05, 3.63) is 11.1 Å².